The number of benzene rings is 1. The monoisotopic (exact) mass is 317 g/mol. The zero-order chi connectivity index (χ0) is 15.5. The maximum Gasteiger partial charge on any atom is 0.168 e. The number of ether oxygens (including phenoxy) is 2. The van der Waals surface area contributed by atoms with E-state index in [0.29, 0.717) is 6.61 Å². The van der Waals surface area contributed by atoms with Crippen LogP contribution in [-0.2, 0) is 6.54 Å². The van der Waals surface area contributed by atoms with E-state index < -0.39 is 0 Å². The van der Waals surface area contributed by atoms with Gasteiger partial charge in [0.2, 0.25) is 0 Å². The first kappa shape index (κ1) is 15.0. The number of para-hydroxylation sites is 1. The third-order valence-corrected chi connectivity index (χ3v) is 4.43. The van der Waals surface area contributed by atoms with Gasteiger partial charge in [-0.05, 0) is 43.2 Å². The summed E-state index contributed by atoms with van der Waals surface area (Å²) < 4.78 is 15.2. The van der Waals surface area contributed by atoms with Crippen molar-refractivity contribution >= 4 is 17.6 Å². The van der Waals surface area contributed by atoms with Gasteiger partial charge in [-0.25, -0.2) is 0 Å². The highest BCUT2D eigenvalue weighted by Crippen LogP contribution is 2.35. The van der Waals surface area contributed by atoms with Crippen LogP contribution in [0, 0.1) is 6.92 Å². The van der Waals surface area contributed by atoms with Crippen LogP contribution in [0.3, 0.4) is 0 Å². The number of nitrogens with zero attached hydrogens (tertiary/aromatic N) is 3. The number of rotatable bonds is 5. The maximum absolute atomic E-state index is 5.88. The standard InChI is InChI=1S/C16H19N3O2S/c1-11-15(22-18-17-11)9-19(2)8-12-7-13-5-4-6-14(20-3)16(13)21-10-12/h4-7H,8-10H2,1-3H3. The number of hydrogen-bond acceptors (Lipinski definition) is 6. The number of aromatic nitrogens is 2. The smallest absolute Gasteiger partial charge is 0.168 e. The Balaban J connectivity index is 1.71. The van der Waals surface area contributed by atoms with Crippen LogP contribution in [0.15, 0.2) is 23.8 Å². The van der Waals surface area contributed by atoms with E-state index in [1.54, 1.807) is 7.11 Å². The average molecular weight is 317 g/mol. The molecule has 116 valence electrons. The van der Waals surface area contributed by atoms with Crippen LogP contribution >= 0.6 is 11.5 Å². The molecule has 0 saturated heterocycles. The third kappa shape index (κ3) is 3.13. The first-order valence-electron chi connectivity index (χ1n) is 7.13. The normalized spacial score (nSPS) is 13.5. The molecule has 0 fully saturated rings. The van der Waals surface area contributed by atoms with Crippen molar-refractivity contribution in [2.45, 2.75) is 13.5 Å². The predicted octanol–water partition coefficient (Wildman–Crippen LogP) is 2.76. The molecule has 0 radical (unpaired) electrons. The van der Waals surface area contributed by atoms with Crippen molar-refractivity contribution in [2.75, 3.05) is 27.3 Å². The van der Waals surface area contributed by atoms with Crippen LogP contribution in [0.4, 0.5) is 0 Å². The summed E-state index contributed by atoms with van der Waals surface area (Å²) in [7, 11) is 3.76. The van der Waals surface area contributed by atoms with E-state index >= 15 is 0 Å². The number of methoxy groups -OCH3 is 1. The Morgan fingerprint density at radius 2 is 2.23 bits per heavy atom. The Hall–Kier alpha value is -1.92. The Morgan fingerprint density at radius 1 is 1.36 bits per heavy atom. The molecule has 0 unspecified atom stereocenters. The molecule has 2 heterocycles. The molecule has 0 bridgehead atoms. The van der Waals surface area contributed by atoms with Crippen LogP contribution in [0.25, 0.3) is 6.08 Å². The minimum Gasteiger partial charge on any atom is -0.493 e. The van der Waals surface area contributed by atoms with Gasteiger partial charge in [0.05, 0.1) is 17.7 Å². The summed E-state index contributed by atoms with van der Waals surface area (Å²) >= 11 is 1.46. The number of hydrogen-bond donors (Lipinski definition) is 0. The third-order valence-electron chi connectivity index (χ3n) is 3.62. The van der Waals surface area contributed by atoms with Gasteiger partial charge in [-0.15, -0.1) is 5.10 Å². The zero-order valence-corrected chi connectivity index (χ0v) is 13.8. The van der Waals surface area contributed by atoms with E-state index in [1.165, 1.54) is 22.0 Å². The maximum atomic E-state index is 5.88. The number of aryl methyl sites for hydroxylation is 1. The summed E-state index contributed by atoms with van der Waals surface area (Å²) in [5.74, 6) is 1.62. The molecule has 5 nitrogen and oxygen atoms in total. The lowest BCUT2D eigenvalue weighted by atomic mass is 10.1. The van der Waals surface area contributed by atoms with Gasteiger partial charge in [0, 0.05) is 18.7 Å². The summed E-state index contributed by atoms with van der Waals surface area (Å²) in [6, 6.07) is 5.95. The van der Waals surface area contributed by atoms with E-state index in [2.05, 4.69) is 27.6 Å². The summed E-state index contributed by atoms with van der Waals surface area (Å²) in [6.07, 6.45) is 2.19. The molecule has 1 aliphatic heterocycles. The van der Waals surface area contributed by atoms with Gasteiger partial charge in [-0.2, -0.15) is 0 Å². The van der Waals surface area contributed by atoms with Crippen molar-refractivity contribution in [3.05, 3.63) is 39.9 Å². The van der Waals surface area contributed by atoms with Crippen LogP contribution in [-0.4, -0.2) is 41.8 Å². The summed E-state index contributed by atoms with van der Waals surface area (Å²) in [5, 5.41) is 4.05. The molecule has 1 aromatic carbocycles. The van der Waals surface area contributed by atoms with Gasteiger partial charge < -0.3 is 9.47 Å². The minimum atomic E-state index is 0.595. The van der Waals surface area contributed by atoms with Gasteiger partial charge in [-0.3, -0.25) is 4.90 Å². The van der Waals surface area contributed by atoms with Crippen LogP contribution in [0.2, 0.25) is 0 Å². The lowest BCUT2D eigenvalue weighted by Crippen LogP contribution is -2.24. The molecule has 3 rings (SSSR count). The highest BCUT2D eigenvalue weighted by atomic mass is 32.1. The molecule has 6 heteroatoms. The molecule has 0 saturated carbocycles. The molecule has 0 aliphatic carbocycles. The van der Waals surface area contributed by atoms with Crippen molar-refractivity contribution in [2.24, 2.45) is 0 Å². The second-order valence-corrected chi connectivity index (χ2v) is 6.26. The van der Waals surface area contributed by atoms with Crippen molar-refractivity contribution in [3.8, 4) is 11.5 Å². The molecule has 0 amide bonds. The van der Waals surface area contributed by atoms with Gasteiger partial charge in [0.1, 0.15) is 6.61 Å². The quantitative estimate of drug-likeness (QED) is 0.848. The van der Waals surface area contributed by atoms with E-state index in [-0.39, 0.29) is 0 Å². The predicted molar refractivity (Wildman–Crippen MR) is 87.4 cm³/mol. The Kier molecular flexibility index (Phi) is 4.40. The van der Waals surface area contributed by atoms with Crippen molar-refractivity contribution in [1.29, 1.82) is 0 Å². The van der Waals surface area contributed by atoms with Crippen molar-refractivity contribution in [3.63, 3.8) is 0 Å². The molecule has 1 aliphatic rings. The Morgan fingerprint density at radius 3 is 2.95 bits per heavy atom. The molecule has 0 atom stereocenters. The molecule has 22 heavy (non-hydrogen) atoms. The van der Waals surface area contributed by atoms with Gasteiger partial charge in [-0.1, -0.05) is 16.6 Å². The second-order valence-electron chi connectivity index (χ2n) is 5.42. The SMILES string of the molecule is COc1cccc2c1OCC(CN(C)Cc1snnc1C)=C2. The number of likely N-dealkylation sites (N-methyl/N-ethyl adjacent to an activating group) is 1. The Bertz CT molecular complexity index is 696. The van der Waals surface area contributed by atoms with Gasteiger partial charge >= 0.3 is 0 Å². The summed E-state index contributed by atoms with van der Waals surface area (Å²) in [6.45, 7) is 4.30. The van der Waals surface area contributed by atoms with Crippen LogP contribution in [0.1, 0.15) is 16.1 Å². The van der Waals surface area contributed by atoms with E-state index in [4.69, 9.17) is 9.47 Å². The van der Waals surface area contributed by atoms with Crippen LogP contribution in [0.5, 0.6) is 11.5 Å². The first-order chi connectivity index (χ1) is 10.7. The van der Waals surface area contributed by atoms with E-state index in [9.17, 15) is 0 Å². The van der Waals surface area contributed by atoms with Gasteiger partial charge in [0.15, 0.2) is 11.5 Å². The molecule has 2 aromatic rings. The van der Waals surface area contributed by atoms with E-state index in [1.807, 2.05) is 25.1 Å². The number of fused-ring (bicyclic) bond motifs is 1. The average Bonchev–Trinajstić information content (AvgIpc) is 2.91. The molecule has 1 aromatic heterocycles. The van der Waals surface area contributed by atoms with Crippen molar-refractivity contribution in [1.82, 2.24) is 14.5 Å². The van der Waals surface area contributed by atoms with Crippen molar-refractivity contribution < 1.29 is 9.47 Å². The van der Waals surface area contributed by atoms with E-state index in [0.717, 1.165) is 35.8 Å². The second kappa shape index (κ2) is 6.46. The van der Waals surface area contributed by atoms with Crippen LogP contribution < -0.4 is 9.47 Å². The molecular weight excluding hydrogens is 298 g/mol. The lowest BCUT2D eigenvalue weighted by molar-refractivity contribution is 0.291. The summed E-state index contributed by atoms with van der Waals surface area (Å²) in [4.78, 5) is 3.46. The minimum absolute atomic E-state index is 0.595. The largest absolute Gasteiger partial charge is 0.493 e. The fraction of sp³-hybridized carbons (Fsp3) is 0.375. The highest BCUT2D eigenvalue weighted by molar-refractivity contribution is 7.05. The lowest BCUT2D eigenvalue weighted by Gasteiger charge is -2.23. The first-order valence-corrected chi connectivity index (χ1v) is 7.90. The Labute approximate surface area is 134 Å². The molecular formula is C16H19N3O2S. The molecule has 0 N–H and O–H groups in total. The highest BCUT2D eigenvalue weighted by Gasteiger charge is 2.17. The topological polar surface area (TPSA) is 47.5 Å². The van der Waals surface area contributed by atoms with Gasteiger partial charge in [0.25, 0.3) is 0 Å². The summed E-state index contributed by atoms with van der Waals surface area (Å²) in [5.41, 5.74) is 3.34. The molecule has 0 spiro atoms. The fourth-order valence-electron chi connectivity index (χ4n) is 2.52. The fourth-order valence-corrected chi connectivity index (χ4v) is 3.24. The zero-order valence-electron chi connectivity index (χ0n) is 13.0.